The van der Waals surface area contributed by atoms with E-state index in [1.165, 1.54) is 0 Å². The summed E-state index contributed by atoms with van der Waals surface area (Å²) in [5.74, 6) is 0. The summed E-state index contributed by atoms with van der Waals surface area (Å²) in [7, 11) is 0. The van der Waals surface area contributed by atoms with Crippen molar-refractivity contribution in [3.63, 3.8) is 0 Å². The van der Waals surface area contributed by atoms with E-state index in [4.69, 9.17) is 23.4 Å². The van der Waals surface area contributed by atoms with Gasteiger partial charge in [0.15, 0.2) is 0 Å². The standard InChI is InChI=1S/C9H5Cl2NO/c10-7-5-6-3-1-2-4-8(6)12(11)9(7)13/h1-5H. The zero-order valence-electron chi connectivity index (χ0n) is 6.50. The van der Waals surface area contributed by atoms with E-state index < -0.39 is 0 Å². The molecule has 0 unspecified atom stereocenters. The van der Waals surface area contributed by atoms with E-state index >= 15 is 0 Å². The molecule has 0 radical (unpaired) electrons. The van der Waals surface area contributed by atoms with Crippen molar-refractivity contribution >= 4 is 34.3 Å². The molecule has 0 saturated heterocycles. The molecule has 4 heteroatoms. The van der Waals surface area contributed by atoms with Crippen LogP contribution in [0.3, 0.4) is 0 Å². The minimum Gasteiger partial charge on any atom is -0.266 e. The summed E-state index contributed by atoms with van der Waals surface area (Å²) < 4.78 is 1.03. The second kappa shape index (κ2) is 3.05. The van der Waals surface area contributed by atoms with Crippen LogP contribution in [0.2, 0.25) is 5.02 Å². The van der Waals surface area contributed by atoms with Gasteiger partial charge in [0.1, 0.15) is 5.02 Å². The highest BCUT2D eigenvalue weighted by atomic mass is 35.5. The molecule has 0 atom stereocenters. The Kier molecular flexibility index (Phi) is 2.02. The van der Waals surface area contributed by atoms with Crippen LogP contribution < -0.4 is 5.56 Å². The van der Waals surface area contributed by atoms with Crippen molar-refractivity contribution in [2.24, 2.45) is 0 Å². The Morgan fingerprint density at radius 1 is 1.23 bits per heavy atom. The number of benzene rings is 1. The Bertz CT molecular complexity index is 518. The largest absolute Gasteiger partial charge is 0.284 e. The lowest BCUT2D eigenvalue weighted by molar-refractivity contribution is 1.19. The van der Waals surface area contributed by atoms with Crippen molar-refractivity contribution in [2.45, 2.75) is 0 Å². The van der Waals surface area contributed by atoms with Crippen molar-refractivity contribution in [3.05, 3.63) is 45.7 Å². The van der Waals surface area contributed by atoms with Crippen molar-refractivity contribution in [1.82, 2.24) is 4.09 Å². The number of para-hydroxylation sites is 1. The summed E-state index contributed by atoms with van der Waals surface area (Å²) in [5.41, 5.74) is 0.278. The van der Waals surface area contributed by atoms with Gasteiger partial charge in [0.2, 0.25) is 0 Å². The maximum atomic E-state index is 11.3. The summed E-state index contributed by atoms with van der Waals surface area (Å²) in [6.07, 6.45) is 0. The lowest BCUT2D eigenvalue weighted by Gasteiger charge is -2.01. The third-order valence-corrected chi connectivity index (χ3v) is 2.42. The fourth-order valence-corrected chi connectivity index (χ4v) is 1.68. The summed E-state index contributed by atoms with van der Waals surface area (Å²) >= 11 is 11.4. The highest BCUT2D eigenvalue weighted by Gasteiger charge is 2.04. The number of hydrogen-bond donors (Lipinski definition) is 0. The molecule has 0 amide bonds. The molecule has 1 aromatic carbocycles. The quantitative estimate of drug-likeness (QED) is 0.660. The van der Waals surface area contributed by atoms with E-state index in [-0.39, 0.29) is 10.6 Å². The molecule has 0 saturated carbocycles. The van der Waals surface area contributed by atoms with Gasteiger partial charge in [0, 0.05) is 17.2 Å². The third-order valence-electron chi connectivity index (χ3n) is 1.81. The molecular formula is C9H5Cl2NO. The summed E-state index contributed by atoms with van der Waals surface area (Å²) in [6.45, 7) is 0. The Balaban J connectivity index is 3.02. The van der Waals surface area contributed by atoms with Crippen molar-refractivity contribution < 1.29 is 0 Å². The molecule has 2 nitrogen and oxygen atoms in total. The highest BCUT2D eigenvalue weighted by molar-refractivity contribution is 6.31. The summed E-state index contributed by atoms with van der Waals surface area (Å²) in [6, 6.07) is 8.90. The van der Waals surface area contributed by atoms with E-state index in [0.29, 0.717) is 5.52 Å². The van der Waals surface area contributed by atoms with Gasteiger partial charge in [-0.3, -0.25) is 4.79 Å². The second-order valence-corrected chi connectivity index (χ2v) is 3.38. The van der Waals surface area contributed by atoms with E-state index in [0.717, 1.165) is 9.47 Å². The van der Waals surface area contributed by atoms with Crippen molar-refractivity contribution in [3.8, 4) is 0 Å². The number of nitrogens with zero attached hydrogens (tertiary/aromatic N) is 1. The van der Waals surface area contributed by atoms with Gasteiger partial charge >= 0.3 is 0 Å². The number of pyridine rings is 1. The lowest BCUT2D eigenvalue weighted by Crippen LogP contribution is -2.12. The molecule has 0 N–H and O–H groups in total. The predicted molar refractivity (Wildman–Crippen MR) is 54.5 cm³/mol. The molecule has 66 valence electrons. The molecule has 2 aromatic rings. The van der Waals surface area contributed by atoms with E-state index in [1.54, 1.807) is 12.1 Å². The number of fused-ring (bicyclic) bond motifs is 1. The molecule has 0 spiro atoms. The monoisotopic (exact) mass is 213 g/mol. The first-order chi connectivity index (χ1) is 6.20. The van der Waals surface area contributed by atoms with E-state index in [1.807, 2.05) is 18.2 Å². The van der Waals surface area contributed by atoms with Gasteiger partial charge in [0.25, 0.3) is 5.56 Å². The van der Waals surface area contributed by atoms with Crippen LogP contribution in [0.25, 0.3) is 10.9 Å². The first-order valence-corrected chi connectivity index (χ1v) is 4.38. The Labute approximate surface area is 84.4 Å². The van der Waals surface area contributed by atoms with Crippen LogP contribution in [0, 0.1) is 0 Å². The van der Waals surface area contributed by atoms with Crippen LogP contribution >= 0.6 is 23.4 Å². The average molecular weight is 214 g/mol. The van der Waals surface area contributed by atoms with Crippen LogP contribution in [0.5, 0.6) is 0 Å². The van der Waals surface area contributed by atoms with E-state index in [9.17, 15) is 4.79 Å². The number of halogens is 2. The molecule has 1 aromatic heterocycles. The van der Waals surface area contributed by atoms with Crippen LogP contribution in [0.1, 0.15) is 0 Å². The van der Waals surface area contributed by atoms with Gasteiger partial charge in [-0.15, -0.1) is 0 Å². The van der Waals surface area contributed by atoms with Gasteiger partial charge in [-0.2, -0.15) is 0 Å². The van der Waals surface area contributed by atoms with Crippen LogP contribution in [0.4, 0.5) is 0 Å². The topological polar surface area (TPSA) is 22.0 Å². The fourth-order valence-electron chi connectivity index (χ4n) is 1.19. The molecular weight excluding hydrogens is 209 g/mol. The second-order valence-electron chi connectivity index (χ2n) is 2.64. The Hall–Kier alpha value is -0.990. The van der Waals surface area contributed by atoms with Gasteiger partial charge in [-0.05, 0) is 12.1 Å². The molecule has 0 aliphatic rings. The van der Waals surface area contributed by atoms with Gasteiger partial charge in [-0.1, -0.05) is 29.8 Å². The van der Waals surface area contributed by atoms with Crippen molar-refractivity contribution in [2.75, 3.05) is 0 Å². The zero-order valence-corrected chi connectivity index (χ0v) is 8.01. The normalized spacial score (nSPS) is 10.6. The average Bonchev–Trinajstić information content (AvgIpc) is 2.15. The maximum Gasteiger partial charge on any atom is 0.284 e. The summed E-state index contributed by atoms with van der Waals surface area (Å²) in [5, 5.41) is 0.982. The molecule has 13 heavy (non-hydrogen) atoms. The minimum atomic E-state index is -0.387. The molecule has 1 heterocycles. The smallest absolute Gasteiger partial charge is 0.266 e. The molecule has 0 aliphatic carbocycles. The van der Waals surface area contributed by atoms with Crippen LogP contribution in [0.15, 0.2) is 35.1 Å². The minimum absolute atomic E-state index is 0.133. The first-order valence-electron chi connectivity index (χ1n) is 3.66. The predicted octanol–water partition coefficient (Wildman–Crippen LogP) is 2.66. The number of hydrogen-bond acceptors (Lipinski definition) is 1. The molecule has 2 rings (SSSR count). The molecule has 0 fully saturated rings. The zero-order chi connectivity index (χ0) is 9.42. The highest BCUT2D eigenvalue weighted by Crippen LogP contribution is 2.16. The van der Waals surface area contributed by atoms with Crippen molar-refractivity contribution in [1.29, 1.82) is 0 Å². The number of aromatic nitrogens is 1. The Morgan fingerprint density at radius 3 is 2.69 bits per heavy atom. The van der Waals surface area contributed by atoms with E-state index in [2.05, 4.69) is 0 Å². The fraction of sp³-hybridized carbons (Fsp3) is 0. The van der Waals surface area contributed by atoms with Gasteiger partial charge in [0.05, 0.1) is 5.52 Å². The SMILES string of the molecule is O=c1c(Cl)cc2ccccc2n1Cl. The van der Waals surface area contributed by atoms with Gasteiger partial charge < -0.3 is 0 Å². The van der Waals surface area contributed by atoms with Gasteiger partial charge in [-0.25, -0.2) is 4.09 Å². The van der Waals surface area contributed by atoms with Crippen LogP contribution in [-0.4, -0.2) is 4.09 Å². The molecule has 0 aliphatic heterocycles. The Morgan fingerprint density at radius 2 is 1.92 bits per heavy atom. The molecule has 0 bridgehead atoms. The summed E-state index contributed by atoms with van der Waals surface area (Å²) in [4.78, 5) is 11.3. The third kappa shape index (κ3) is 1.32. The lowest BCUT2D eigenvalue weighted by atomic mass is 10.2. The number of rotatable bonds is 0. The first kappa shape index (κ1) is 8.60. The van der Waals surface area contributed by atoms with Crippen LogP contribution in [-0.2, 0) is 0 Å². The maximum absolute atomic E-state index is 11.3.